The Kier molecular flexibility index (Phi) is 5.52. The fraction of sp³-hybridized carbons (Fsp3) is 0.308. The number of hydrogen-bond acceptors (Lipinski definition) is 5. The first-order chi connectivity index (χ1) is 9.36. The molecule has 0 spiro atoms. The van der Waals surface area contributed by atoms with E-state index in [1.165, 1.54) is 0 Å². The number of esters is 1. The van der Waals surface area contributed by atoms with E-state index in [0.717, 1.165) is 0 Å². The molecule has 2 N–H and O–H groups in total. The third-order valence-corrected chi connectivity index (χ3v) is 2.64. The molecule has 1 rings (SSSR count). The molecule has 108 valence electrons. The van der Waals surface area contributed by atoms with Crippen molar-refractivity contribution in [2.75, 3.05) is 6.61 Å². The Labute approximate surface area is 121 Å². The molecule has 0 aliphatic heterocycles. The molecule has 20 heavy (non-hydrogen) atoms. The number of aromatic nitrogens is 1. The highest BCUT2D eigenvalue weighted by Crippen LogP contribution is 2.19. The quantitative estimate of drug-likeness (QED) is 0.296. The van der Waals surface area contributed by atoms with Gasteiger partial charge in [0.25, 0.3) is 0 Å². The number of amidine groups is 1. The highest BCUT2D eigenvalue weighted by atomic mass is 35.5. The van der Waals surface area contributed by atoms with Gasteiger partial charge in [0, 0.05) is 16.7 Å². The van der Waals surface area contributed by atoms with Gasteiger partial charge < -0.3 is 15.0 Å². The van der Waals surface area contributed by atoms with Gasteiger partial charge in [-0.1, -0.05) is 23.3 Å². The molecule has 1 heterocycles. The molecule has 0 amide bonds. The molecule has 0 unspecified atom stereocenters. The Bertz CT molecular complexity index is 587. The number of rotatable bonds is 5. The average molecular weight is 298 g/mol. The third kappa shape index (κ3) is 3.96. The van der Waals surface area contributed by atoms with Gasteiger partial charge in [-0.05, 0) is 20.8 Å². The van der Waals surface area contributed by atoms with E-state index >= 15 is 0 Å². The summed E-state index contributed by atoms with van der Waals surface area (Å²) in [5.74, 6) is -0.0181. The van der Waals surface area contributed by atoms with Crippen molar-refractivity contribution in [3.63, 3.8) is 0 Å². The van der Waals surface area contributed by atoms with Gasteiger partial charge in [0.2, 0.25) is 0 Å². The van der Waals surface area contributed by atoms with Crippen LogP contribution in [-0.4, -0.2) is 23.6 Å². The molecular weight excluding hydrogens is 282 g/mol. The van der Waals surface area contributed by atoms with Gasteiger partial charge in [-0.2, -0.15) is 0 Å². The Morgan fingerprint density at radius 1 is 1.65 bits per heavy atom. The average Bonchev–Trinajstić information content (AvgIpc) is 2.81. The summed E-state index contributed by atoms with van der Waals surface area (Å²) in [7, 11) is 0. The van der Waals surface area contributed by atoms with Crippen LogP contribution in [0.15, 0.2) is 38.5 Å². The van der Waals surface area contributed by atoms with Crippen LogP contribution in [-0.2, 0) is 9.53 Å². The van der Waals surface area contributed by atoms with E-state index < -0.39 is 5.97 Å². The van der Waals surface area contributed by atoms with E-state index in [1.54, 1.807) is 26.8 Å². The van der Waals surface area contributed by atoms with Crippen LogP contribution in [0.1, 0.15) is 25.3 Å². The topological polar surface area (TPSA) is 90.7 Å². The first-order valence-electron chi connectivity index (χ1n) is 5.87. The molecule has 0 saturated heterocycles. The maximum atomic E-state index is 11.9. The highest BCUT2D eigenvalue weighted by molar-refractivity contribution is 6.32. The summed E-state index contributed by atoms with van der Waals surface area (Å²) in [5, 5.41) is 3.90. The monoisotopic (exact) mass is 297 g/mol. The second kappa shape index (κ2) is 6.91. The number of allylic oxidation sites excluding steroid dienone is 2. The lowest BCUT2D eigenvalue weighted by molar-refractivity contribution is -0.138. The zero-order valence-corrected chi connectivity index (χ0v) is 12.3. The molecule has 7 heteroatoms. The third-order valence-electron chi connectivity index (χ3n) is 2.35. The van der Waals surface area contributed by atoms with E-state index in [-0.39, 0.29) is 23.2 Å². The number of ether oxygens (including phenoxy) is 1. The molecule has 0 aliphatic carbocycles. The van der Waals surface area contributed by atoms with Crippen molar-refractivity contribution in [3.05, 3.63) is 40.4 Å². The standard InChI is InChI=1S/C13H16ClN3O3/c1-5-19-13(18)11(8(3)9(4)14)16-12(15)10-6-7(2)20-17-10/h6H,4-5H2,1-3H3,(H2,15,16)/b11-8-. The van der Waals surface area contributed by atoms with Crippen molar-refractivity contribution in [1.82, 2.24) is 5.16 Å². The van der Waals surface area contributed by atoms with E-state index in [4.69, 9.17) is 26.6 Å². The second-order valence-electron chi connectivity index (χ2n) is 3.92. The van der Waals surface area contributed by atoms with Crippen molar-refractivity contribution >= 4 is 23.4 Å². The lowest BCUT2D eigenvalue weighted by Crippen LogP contribution is -2.17. The van der Waals surface area contributed by atoms with Crippen molar-refractivity contribution < 1.29 is 14.1 Å². The van der Waals surface area contributed by atoms with Crippen LogP contribution < -0.4 is 5.73 Å². The van der Waals surface area contributed by atoms with E-state index in [0.29, 0.717) is 17.0 Å². The largest absolute Gasteiger partial charge is 0.461 e. The molecule has 0 aliphatic rings. The summed E-state index contributed by atoms with van der Waals surface area (Å²) in [4.78, 5) is 15.9. The summed E-state index contributed by atoms with van der Waals surface area (Å²) < 4.78 is 9.81. The van der Waals surface area contributed by atoms with Gasteiger partial charge in [-0.3, -0.25) is 0 Å². The van der Waals surface area contributed by atoms with Crippen LogP contribution in [0.5, 0.6) is 0 Å². The Balaban J connectivity index is 3.22. The van der Waals surface area contributed by atoms with Crippen LogP contribution >= 0.6 is 11.6 Å². The smallest absolute Gasteiger partial charge is 0.357 e. The van der Waals surface area contributed by atoms with Crippen molar-refractivity contribution in [2.24, 2.45) is 10.7 Å². The molecule has 0 bridgehead atoms. The zero-order valence-electron chi connectivity index (χ0n) is 11.6. The first-order valence-corrected chi connectivity index (χ1v) is 6.25. The predicted octanol–water partition coefficient (Wildman–Crippen LogP) is 2.28. The first kappa shape index (κ1) is 16.0. The Morgan fingerprint density at radius 3 is 2.75 bits per heavy atom. The molecule has 1 aromatic heterocycles. The number of nitrogens with two attached hydrogens (primary N) is 1. The minimum absolute atomic E-state index is 0.00926. The molecule has 0 fully saturated rings. The molecule has 6 nitrogen and oxygen atoms in total. The highest BCUT2D eigenvalue weighted by Gasteiger charge is 2.17. The number of aliphatic imine (C=N–C) groups is 1. The lowest BCUT2D eigenvalue weighted by Gasteiger charge is -2.07. The van der Waals surface area contributed by atoms with E-state index in [1.807, 2.05) is 0 Å². The Morgan fingerprint density at radius 2 is 2.30 bits per heavy atom. The van der Waals surface area contributed by atoms with Gasteiger partial charge in [-0.15, -0.1) is 0 Å². The molecule has 0 radical (unpaired) electrons. The molecule has 0 atom stereocenters. The van der Waals surface area contributed by atoms with Gasteiger partial charge in [0.15, 0.2) is 11.5 Å². The van der Waals surface area contributed by atoms with Gasteiger partial charge in [-0.25, -0.2) is 9.79 Å². The summed E-state index contributed by atoms with van der Waals surface area (Å²) in [6.07, 6.45) is 0. The maximum absolute atomic E-state index is 11.9. The fourth-order valence-corrected chi connectivity index (χ4v) is 1.36. The SMILES string of the molecule is C=C(Cl)/C(C)=C(\N=C(/N)c1cc(C)on1)C(=O)OCC. The second-order valence-corrected chi connectivity index (χ2v) is 4.38. The van der Waals surface area contributed by atoms with Crippen molar-refractivity contribution in [2.45, 2.75) is 20.8 Å². The zero-order chi connectivity index (χ0) is 15.3. The van der Waals surface area contributed by atoms with Crippen molar-refractivity contribution in [1.29, 1.82) is 0 Å². The van der Waals surface area contributed by atoms with E-state index in [9.17, 15) is 4.79 Å². The summed E-state index contributed by atoms with van der Waals surface area (Å²) in [6.45, 7) is 8.78. The predicted molar refractivity (Wildman–Crippen MR) is 76.3 cm³/mol. The van der Waals surface area contributed by atoms with Crippen LogP contribution in [0.2, 0.25) is 0 Å². The lowest BCUT2D eigenvalue weighted by atomic mass is 10.2. The van der Waals surface area contributed by atoms with Crippen LogP contribution in [0.3, 0.4) is 0 Å². The Hall–Kier alpha value is -2.08. The number of aryl methyl sites for hydroxylation is 1. The van der Waals surface area contributed by atoms with Gasteiger partial charge in [0.1, 0.15) is 11.5 Å². The summed E-state index contributed by atoms with van der Waals surface area (Å²) in [5.41, 5.74) is 6.50. The number of carbonyl (C=O) groups excluding carboxylic acids is 1. The minimum atomic E-state index is -0.630. The van der Waals surface area contributed by atoms with Crippen molar-refractivity contribution in [3.8, 4) is 0 Å². The maximum Gasteiger partial charge on any atom is 0.357 e. The normalized spacial score (nSPS) is 12.9. The van der Waals surface area contributed by atoms with Gasteiger partial charge >= 0.3 is 5.97 Å². The van der Waals surface area contributed by atoms with Gasteiger partial charge in [0.05, 0.1) is 6.61 Å². The summed E-state index contributed by atoms with van der Waals surface area (Å²) >= 11 is 5.80. The molecule has 0 saturated carbocycles. The fourth-order valence-electron chi connectivity index (χ4n) is 1.28. The number of halogens is 1. The van der Waals surface area contributed by atoms with Crippen LogP contribution in [0.25, 0.3) is 0 Å². The molecule has 1 aromatic rings. The number of carbonyl (C=O) groups is 1. The molecule has 0 aromatic carbocycles. The van der Waals surface area contributed by atoms with Crippen LogP contribution in [0.4, 0.5) is 0 Å². The number of hydrogen-bond donors (Lipinski definition) is 1. The minimum Gasteiger partial charge on any atom is -0.461 e. The number of nitrogens with zero attached hydrogens (tertiary/aromatic N) is 2. The molecular formula is C13H16ClN3O3. The van der Waals surface area contributed by atoms with Crippen LogP contribution in [0, 0.1) is 6.92 Å². The summed E-state index contributed by atoms with van der Waals surface area (Å²) in [6, 6.07) is 1.60. The van der Waals surface area contributed by atoms with E-state index in [2.05, 4.69) is 16.7 Å².